The number of halogens is 1. The lowest BCUT2D eigenvalue weighted by Gasteiger charge is -2.05. The van der Waals surface area contributed by atoms with E-state index in [4.69, 9.17) is 25.8 Å². The van der Waals surface area contributed by atoms with Crippen LogP contribution in [0, 0.1) is 0 Å². The molecule has 2 aromatic carbocycles. The van der Waals surface area contributed by atoms with Crippen LogP contribution in [0.1, 0.15) is 15.9 Å². The summed E-state index contributed by atoms with van der Waals surface area (Å²) in [6.45, 7) is 0.579. The molecule has 0 spiro atoms. The molecule has 1 aliphatic rings. The summed E-state index contributed by atoms with van der Waals surface area (Å²) in [5, 5.41) is 0.676. The highest BCUT2D eigenvalue weighted by Gasteiger charge is 2.16. The van der Waals surface area contributed by atoms with E-state index in [1.165, 1.54) is 0 Å². The maximum atomic E-state index is 12.0. The van der Waals surface area contributed by atoms with Crippen molar-refractivity contribution in [2.24, 2.45) is 0 Å². The Bertz CT molecular complexity index is 652. The fraction of sp³-hybridized carbons (Fsp3) is 0.188. The SMILES string of the molecule is O=C(COCc1ccc(Cl)cc1)c1ccc2c(c1)OCO2. The van der Waals surface area contributed by atoms with Gasteiger partial charge in [-0.3, -0.25) is 4.79 Å². The van der Waals surface area contributed by atoms with E-state index in [2.05, 4.69) is 0 Å². The van der Waals surface area contributed by atoms with E-state index in [-0.39, 0.29) is 19.2 Å². The monoisotopic (exact) mass is 304 g/mol. The number of ether oxygens (including phenoxy) is 3. The topological polar surface area (TPSA) is 44.8 Å². The molecule has 1 aliphatic heterocycles. The van der Waals surface area contributed by atoms with Gasteiger partial charge in [0.2, 0.25) is 6.79 Å². The number of hydrogen-bond donors (Lipinski definition) is 0. The Balaban J connectivity index is 1.55. The van der Waals surface area contributed by atoms with Crippen molar-refractivity contribution in [3.8, 4) is 11.5 Å². The molecule has 0 aromatic heterocycles. The molecule has 0 radical (unpaired) electrons. The number of hydrogen-bond acceptors (Lipinski definition) is 4. The first-order valence-corrected chi connectivity index (χ1v) is 6.85. The first kappa shape index (κ1) is 13.9. The van der Waals surface area contributed by atoms with Crippen molar-refractivity contribution in [2.75, 3.05) is 13.4 Å². The zero-order valence-electron chi connectivity index (χ0n) is 11.2. The molecule has 0 unspecified atom stereocenters. The largest absolute Gasteiger partial charge is 0.454 e. The van der Waals surface area contributed by atoms with Crippen LogP contribution in [0.2, 0.25) is 5.02 Å². The average Bonchev–Trinajstić information content (AvgIpc) is 2.96. The predicted octanol–water partition coefficient (Wildman–Crippen LogP) is 3.47. The summed E-state index contributed by atoms with van der Waals surface area (Å²) in [4.78, 5) is 12.0. The standard InChI is InChI=1S/C16H13ClO4/c17-13-4-1-11(2-5-13)8-19-9-14(18)12-3-6-15-16(7-12)21-10-20-15/h1-7H,8-10H2. The van der Waals surface area contributed by atoms with E-state index in [1.54, 1.807) is 30.3 Å². The molecule has 0 amide bonds. The van der Waals surface area contributed by atoms with Gasteiger partial charge in [-0.15, -0.1) is 0 Å². The lowest BCUT2D eigenvalue weighted by atomic mass is 10.1. The minimum absolute atomic E-state index is 0.0161. The predicted molar refractivity (Wildman–Crippen MR) is 78.0 cm³/mol. The number of Topliss-reactive ketones (excluding diaryl/α,β-unsaturated/α-hetero) is 1. The third-order valence-electron chi connectivity index (χ3n) is 3.11. The molecular weight excluding hydrogens is 292 g/mol. The molecule has 0 saturated heterocycles. The van der Waals surface area contributed by atoms with Gasteiger partial charge in [-0.25, -0.2) is 0 Å². The lowest BCUT2D eigenvalue weighted by molar-refractivity contribution is 0.0726. The summed E-state index contributed by atoms with van der Waals surface area (Å²) in [5.74, 6) is 1.16. The van der Waals surface area contributed by atoms with Gasteiger partial charge in [0.15, 0.2) is 17.3 Å². The van der Waals surface area contributed by atoms with Crippen molar-refractivity contribution in [3.05, 3.63) is 58.6 Å². The van der Waals surface area contributed by atoms with Crippen LogP contribution in [0.3, 0.4) is 0 Å². The van der Waals surface area contributed by atoms with Crippen molar-refractivity contribution in [1.29, 1.82) is 0 Å². The van der Waals surface area contributed by atoms with Crippen LogP contribution in [0.4, 0.5) is 0 Å². The second-order valence-electron chi connectivity index (χ2n) is 4.61. The average molecular weight is 305 g/mol. The maximum Gasteiger partial charge on any atom is 0.231 e. The second-order valence-corrected chi connectivity index (χ2v) is 5.05. The van der Waals surface area contributed by atoms with Gasteiger partial charge in [-0.05, 0) is 35.9 Å². The minimum atomic E-state index is -0.0951. The van der Waals surface area contributed by atoms with E-state index in [9.17, 15) is 4.79 Å². The molecule has 4 nitrogen and oxygen atoms in total. The molecule has 5 heteroatoms. The molecule has 0 aliphatic carbocycles. The Hall–Kier alpha value is -2.04. The summed E-state index contributed by atoms with van der Waals surface area (Å²) in [7, 11) is 0. The first-order chi connectivity index (χ1) is 10.2. The summed E-state index contributed by atoms with van der Waals surface area (Å²) in [6.07, 6.45) is 0. The smallest absolute Gasteiger partial charge is 0.231 e. The van der Waals surface area contributed by atoms with Crippen molar-refractivity contribution < 1.29 is 19.0 Å². The van der Waals surface area contributed by atoms with E-state index >= 15 is 0 Å². The molecule has 3 rings (SSSR count). The van der Waals surface area contributed by atoms with Crippen LogP contribution in [-0.2, 0) is 11.3 Å². The number of rotatable bonds is 5. The van der Waals surface area contributed by atoms with E-state index in [1.807, 2.05) is 12.1 Å². The molecule has 0 N–H and O–H groups in total. The van der Waals surface area contributed by atoms with Crippen LogP contribution in [0.5, 0.6) is 11.5 Å². The Morgan fingerprint density at radius 2 is 1.86 bits per heavy atom. The lowest BCUT2D eigenvalue weighted by Crippen LogP contribution is -2.09. The van der Waals surface area contributed by atoms with E-state index in [0.29, 0.717) is 28.7 Å². The van der Waals surface area contributed by atoms with Crippen LogP contribution in [-0.4, -0.2) is 19.2 Å². The van der Waals surface area contributed by atoms with Crippen molar-refractivity contribution in [2.45, 2.75) is 6.61 Å². The summed E-state index contributed by atoms with van der Waals surface area (Å²) < 4.78 is 15.9. The summed E-state index contributed by atoms with van der Waals surface area (Å²) in [5.41, 5.74) is 1.52. The normalized spacial score (nSPS) is 12.4. The zero-order chi connectivity index (χ0) is 14.7. The van der Waals surface area contributed by atoms with Gasteiger partial charge in [0.1, 0.15) is 6.61 Å². The van der Waals surface area contributed by atoms with Gasteiger partial charge in [0.05, 0.1) is 6.61 Å². The molecule has 0 bridgehead atoms. The van der Waals surface area contributed by atoms with Crippen LogP contribution in [0.15, 0.2) is 42.5 Å². The number of carbonyl (C=O) groups excluding carboxylic acids is 1. The van der Waals surface area contributed by atoms with Gasteiger partial charge in [-0.1, -0.05) is 23.7 Å². The number of benzene rings is 2. The highest BCUT2D eigenvalue weighted by atomic mass is 35.5. The molecular formula is C16H13ClO4. The van der Waals surface area contributed by atoms with Crippen molar-refractivity contribution in [1.82, 2.24) is 0 Å². The highest BCUT2D eigenvalue weighted by Crippen LogP contribution is 2.32. The number of carbonyl (C=O) groups is 1. The second kappa shape index (κ2) is 6.16. The fourth-order valence-corrected chi connectivity index (χ4v) is 2.12. The first-order valence-electron chi connectivity index (χ1n) is 6.47. The maximum absolute atomic E-state index is 12.0. The van der Waals surface area contributed by atoms with Crippen molar-refractivity contribution in [3.63, 3.8) is 0 Å². The van der Waals surface area contributed by atoms with Crippen LogP contribution >= 0.6 is 11.6 Å². The van der Waals surface area contributed by atoms with E-state index in [0.717, 1.165) is 5.56 Å². The molecule has 0 saturated carbocycles. The quantitative estimate of drug-likeness (QED) is 0.793. The Morgan fingerprint density at radius 1 is 1.10 bits per heavy atom. The summed E-state index contributed by atoms with van der Waals surface area (Å²) >= 11 is 5.81. The third kappa shape index (κ3) is 3.35. The molecule has 0 atom stereocenters. The zero-order valence-corrected chi connectivity index (χ0v) is 11.9. The van der Waals surface area contributed by atoms with Crippen LogP contribution in [0.25, 0.3) is 0 Å². The Morgan fingerprint density at radius 3 is 2.67 bits per heavy atom. The van der Waals surface area contributed by atoms with Gasteiger partial charge in [0, 0.05) is 10.6 Å². The Labute approximate surface area is 127 Å². The van der Waals surface area contributed by atoms with Gasteiger partial charge in [-0.2, -0.15) is 0 Å². The third-order valence-corrected chi connectivity index (χ3v) is 3.36. The Kier molecular flexibility index (Phi) is 4.08. The molecule has 108 valence electrons. The van der Waals surface area contributed by atoms with Crippen LogP contribution < -0.4 is 9.47 Å². The van der Waals surface area contributed by atoms with Gasteiger partial charge >= 0.3 is 0 Å². The highest BCUT2D eigenvalue weighted by molar-refractivity contribution is 6.30. The molecule has 21 heavy (non-hydrogen) atoms. The fourth-order valence-electron chi connectivity index (χ4n) is 2.00. The van der Waals surface area contributed by atoms with Gasteiger partial charge in [0.25, 0.3) is 0 Å². The molecule has 1 heterocycles. The van der Waals surface area contributed by atoms with Crippen molar-refractivity contribution >= 4 is 17.4 Å². The van der Waals surface area contributed by atoms with Gasteiger partial charge < -0.3 is 14.2 Å². The number of fused-ring (bicyclic) bond motifs is 1. The number of ketones is 1. The summed E-state index contributed by atoms with van der Waals surface area (Å²) in [6, 6.07) is 12.4. The molecule has 2 aromatic rings. The molecule has 0 fully saturated rings. The minimum Gasteiger partial charge on any atom is -0.454 e. The van der Waals surface area contributed by atoms with E-state index < -0.39 is 0 Å².